The molecule has 122 valence electrons. The highest BCUT2D eigenvalue weighted by Crippen LogP contribution is 2.25. The number of halogens is 1. The molecule has 2 aromatic rings. The third kappa shape index (κ3) is 3.93. The lowest BCUT2D eigenvalue weighted by Crippen LogP contribution is -2.18. The van der Waals surface area contributed by atoms with Crippen molar-refractivity contribution in [1.82, 2.24) is 4.68 Å². The average Bonchev–Trinajstić information content (AvgIpc) is 2.93. The Labute approximate surface area is 146 Å². The maximum atomic E-state index is 6.16. The first-order valence-electron chi connectivity index (χ1n) is 8.21. The predicted octanol–water partition coefficient (Wildman–Crippen LogP) is 5.20. The summed E-state index contributed by atoms with van der Waals surface area (Å²) in [7, 11) is 0. The molecule has 1 fully saturated rings. The molecule has 23 heavy (non-hydrogen) atoms. The molecule has 0 atom stereocenters. The van der Waals surface area contributed by atoms with E-state index < -0.39 is 0 Å². The number of nitrogens with zero attached hydrogens (tertiary/aromatic N) is 3. The van der Waals surface area contributed by atoms with Crippen LogP contribution in [0.3, 0.4) is 0 Å². The van der Waals surface area contributed by atoms with Crippen molar-refractivity contribution >= 4 is 28.6 Å². The Morgan fingerprint density at radius 2 is 2.09 bits per heavy atom. The Balaban J connectivity index is 2.05. The van der Waals surface area contributed by atoms with Crippen molar-refractivity contribution in [3.63, 3.8) is 0 Å². The highest BCUT2D eigenvalue weighted by molar-refractivity contribution is 7.07. The normalized spacial score (nSPS) is 19.2. The highest BCUT2D eigenvalue weighted by Gasteiger charge is 2.15. The first kappa shape index (κ1) is 16.5. The van der Waals surface area contributed by atoms with Crippen molar-refractivity contribution < 1.29 is 0 Å². The van der Waals surface area contributed by atoms with Crippen molar-refractivity contribution in [1.29, 1.82) is 0 Å². The van der Waals surface area contributed by atoms with Gasteiger partial charge >= 0.3 is 0 Å². The Morgan fingerprint density at radius 3 is 2.78 bits per heavy atom. The summed E-state index contributed by atoms with van der Waals surface area (Å²) in [5.74, 6) is 0.814. The largest absolute Gasteiger partial charge is 0.258 e. The molecule has 0 aliphatic heterocycles. The Bertz CT molecular complexity index is 763. The molecule has 1 saturated carbocycles. The predicted molar refractivity (Wildman–Crippen MR) is 99.3 cm³/mol. The minimum atomic E-state index is 0.744. The number of hydrogen-bond acceptors (Lipinski definition) is 3. The van der Waals surface area contributed by atoms with Crippen molar-refractivity contribution in [3.05, 3.63) is 39.5 Å². The molecule has 0 amide bonds. The summed E-state index contributed by atoms with van der Waals surface area (Å²) in [4.78, 5) is 5.55. The van der Waals surface area contributed by atoms with E-state index >= 15 is 0 Å². The second-order valence-electron chi connectivity index (χ2n) is 6.05. The van der Waals surface area contributed by atoms with Crippen LogP contribution in [0.4, 0.5) is 0 Å². The van der Waals surface area contributed by atoms with Gasteiger partial charge in [0.05, 0.1) is 5.69 Å². The molecule has 3 nitrogen and oxygen atoms in total. The molecule has 1 aromatic carbocycles. The summed E-state index contributed by atoms with van der Waals surface area (Å²) in [6, 6.07) is 7.93. The van der Waals surface area contributed by atoms with E-state index in [0.717, 1.165) is 46.4 Å². The van der Waals surface area contributed by atoms with E-state index in [4.69, 9.17) is 16.7 Å². The molecule has 1 heterocycles. The van der Waals surface area contributed by atoms with Crippen LogP contribution in [-0.2, 0) is 0 Å². The Morgan fingerprint density at radius 1 is 1.30 bits per heavy atom. The molecule has 0 N–H and O–H groups in total. The number of thiazole rings is 1. The molecule has 1 aromatic heterocycles. The molecule has 1 aliphatic carbocycles. The van der Waals surface area contributed by atoms with Gasteiger partial charge in [-0.2, -0.15) is 5.10 Å². The van der Waals surface area contributed by atoms with Gasteiger partial charge in [0.25, 0.3) is 0 Å². The number of hydrogen-bond donors (Lipinski definition) is 0. The van der Waals surface area contributed by atoms with Crippen LogP contribution in [0.2, 0.25) is 5.02 Å². The summed E-state index contributed by atoms with van der Waals surface area (Å²) in [6.07, 6.45) is 4.64. The Hall–Kier alpha value is -1.39. The quantitative estimate of drug-likeness (QED) is 0.730. The van der Waals surface area contributed by atoms with Crippen molar-refractivity contribution in [2.24, 2.45) is 16.0 Å². The highest BCUT2D eigenvalue weighted by atomic mass is 35.5. The van der Waals surface area contributed by atoms with Crippen LogP contribution in [0.1, 0.15) is 39.5 Å². The first-order valence-corrected chi connectivity index (χ1v) is 9.47. The van der Waals surface area contributed by atoms with Crippen LogP contribution in [0.25, 0.3) is 11.3 Å². The van der Waals surface area contributed by atoms with Crippen LogP contribution < -0.4 is 4.80 Å². The van der Waals surface area contributed by atoms with E-state index in [9.17, 15) is 0 Å². The van der Waals surface area contributed by atoms with Gasteiger partial charge in [-0.25, -0.2) is 4.68 Å². The zero-order valence-electron chi connectivity index (χ0n) is 13.6. The molecular weight excluding hydrogens is 326 g/mol. The SMILES string of the molecule is CCN=c1scc(-c2cccc(Cl)c2)n1N=C1CCC(C)CC1. The fourth-order valence-corrected chi connectivity index (χ4v) is 3.91. The van der Waals surface area contributed by atoms with Crippen molar-refractivity contribution in [2.45, 2.75) is 39.5 Å². The number of benzene rings is 1. The summed E-state index contributed by atoms with van der Waals surface area (Å²) >= 11 is 7.79. The van der Waals surface area contributed by atoms with Gasteiger partial charge in [0, 0.05) is 28.2 Å². The van der Waals surface area contributed by atoms with Gasteiger partial charge in [-0.3, -0.25) is 4.99 Å². The average molecular weight is 348 g/mol. The van der Waals surface area contributed by atoms with Crippen LogP contribution in [0, 0.1) is 5.92 Å². The number of rotatable bonds is 3. The maximum Gasteiger partial charge on any atom is 0.206 e. The molecule has 0 radical (unpaired) electrons. The molecule has 0 spiro atoms. The van der Waals surface area contributed by atoms with Gasteiger partial charge in [-0.1, -0.05) is 30.7 Å². The van der Waals surface area contributed by atoms with Gasteiger partial charge in [0.1, 0.15) is 0 Å². The lowest BCUT2D eigenvalue weighted by molar-refractivity contribution is 0.481. The lowest BCUT2D eigenvalue weighted by atomic mass is 9.90. The third-order valence-corrected chi connectivity index (χ3v) is 5.28. The molecular formula is C18H22ClN3S. The number of aromatic nitrogens is 1. The monoisotopic (exact) mass is 347 g/mol. The molecule has 1 aliphatic rings. The fraction of sp³-hybridized carbons (Fsp3) is 0.444. The van der Waals surface area contributed by atoms with Crippen LogP contribution in [0.5, 0.6) is 0 Å². The van der Waals surface area contributed by atoms with Crippen molar-refractivity contribution in [2.75, 3.05) is 6.54 Å². The summed E-state index contributed by atoms with van der Waals surface area (Å²) in [5.41, 5.74) is 3.43. The van der Waals surface area contributed by atoms with E-state index in [-0.39, 0.29) is 0 Å². The fourth-order valence-electron chi connectivity index (χ4n) is 2.82. The zero-order valence-corrected chi connectivity index (χ0v) is 15.2. The minimum absolute atomic E-state index is 0.744. The second-order valence-corrected chi connectivity index (χ2v) is 7.32. The molecule has 5 heteroatoms. The second kappa shape index (κ2) is 7.45. The van der Waals surface area contributed by atoms with Gasteiger partial charge in [-0.15, -0.1) is 11.3 Å². The van der Waals surface area contributed by atoms with Gasteiger partial charge < -0.3 is 0 Å². The summed E-state index contributed by atoms with van der Waals surface area (Å²) < 4.78 is 2.01. The molecule has 0 bridgehead atoms. The zero-order chi connectivity index (χ0) is 16.2. The summed E-state index contributed by atoms with van der Waals surface area (Å²) in [5, 5.41) is 7.81. The Kier molecular flexibility index (Phi) is 5.34. The van der Waals surface area contributed by atoms with E-state index in [2.05, 4.69) is 30.3 Å². The lowest BCUT2D eigenvalue weighted by Gasteiger charge is -2.19. The van der Waals surface area contributed by atoms with Crippen molar-refractivity contribution in [3.8, 4) is 11.3 Å². The molecule has 3 rings (SSSR count). The third-order valence-electron chi connectivity index (χ3n) is 4.19. The smallest absolute Gasteiger partial charge is 0.206 e. The topological polar surface area (TPSA) is 29.6 Å². The van der Waals surface area contributed by atoms with Gasteiger partial charge in [0.2, 0.25) is 4.80 Å². The van der Waals surface area contributed by atoms with Gasteiger partial charge in [-0.05, 0) is 50.7 Å². The van der Waals surface area contributed by atoms with E-state index in [1.165, 1.54) is 18.6 Å². The minimum Gasteiger partial charge on any atom is -0.258 e. The summed E-state index contributed by atoms with van der Waals surface area (Å²) in [6.45, 7) is 5.14. The standard InChI is InChI=1S/C18H22ClN3S/c1-3-20-18-22(21-16-9-7-13(2)8-10-16)17(12-23-18)14-5-4-6-15(19)11-14/h4-6,11-13H,3,7-10H2,1-2H3. The van der Waals surface area contributed by atoms with E-state index in [1.54, 1.807) is 11.3 Å². The van der Waals surface area contributed by atoms with E-state index in [0.29, 0.717) is 0 Å². The van der Waals surface area contributed by atoms with Crippen LogP contribution in [-0.4, -0.2) is 16.9 Å². The first-order chi connectivity index (χ1) is 11.2. The van der Waals surface area contributed by atoms with Crippen LogP contribution in [0.15, 0.2) is 39.7 Å². The maximum absolute atomic E-state index is 6.16. The molecule has 0 saturated heterocycles. The van der Waals surface area contributed by atoms with Crippen LogP contribution >= 0.6 is 22.9 Å². The van der Waals surface area contributed by atoms with Gasteiger partial charge in [0.15, 0.2) is 0 Å². The van der Waals surface area contributed by atoms with E-state index in [1.807, 2.05) is 22.9 Å². The molecule has 0 unspecified atom stereocenters.